The van der Waals surface area contributed by atoms with Crippen molar-refractivity contribution in [3.63, 3.8) is 0 Å². The SMILES string of the molecule is CCCCC/C=C/C/C=C/CCCCCCCC(=O)OCC1=CC2C3C(C)(C)[C@]3(OC(C)=O)[C@H](O)[C@@H](C)[C@]2(O)C2C=C(C)C(=O)[C@@]2(O)C1. The number of aliphatic hydroxyl groups excluding tert-OH is 1. The number of hydrogen-bond acceptors (Lipinski definition) is 8. The van der Waals surface area contributed by atoms with E-state index in [1.165, 1.54) is 32.6 Å². The fourth-order valence-electron chi connectivity index (χ4n) is 9.22. The Morgan fingerprint density at radius 3 is 2.23 bits per heavy atom. The maximum absolute atomic E-state index is 13.4. The van der Waals surface area contributed by atoms with Crippen LogP contribution in [0.25, 0.3) is 0 Å². The molecule has 8 nitrogen and oxygen atoms in total. The Morgan fingerprint density at radius 1 is 0.958 bits per heavy atom. The molecular weight excluding hydrogens is 608 g/mol. The van der Waals surface area contributed by atoms with Crippen LogP contribution in [0.1, 0.15) is 125 Å². The zero-order chi connectivity index (χ0) is 35.3. The fraction of sp³-hybridized carbons (Fsp3) is 0.725. The van der Waals surface area contributed by atoms with Crippen molar-refractivity contribution in [3.8, 4) is 0 Å². The summed E-state index contributed by atoms with van der Waals surface area (Å²) in [5.41, 5.74) is -4.68. The molecule has 2 saturated carbocycles. The van der Waals surface area contributed by atoms with Gasteiger partial charge in [0.15, 0.2) is 5.78 Å². The Bertz CT molecular complexity index is 1310. The quantitative estimate of drug-likeness (QED) is 0.0871. The maximum Gasteiger partial charge on any atom is 0.306 e. The number of ether oxygens (including phenoxy) is 2. The maximum atomic E-state index is 13.4. The van der Waals surface area contributed by atoms with Gasteiger partial charge in [0.1, 0.15) is 17.8 Å². The summed E-state index contributed by atoms with van der Waals surface area (Å²) < 4.78 is 11.5. The Labute approximate surface area is 287 Å². The van der Waals surface area contributed by atoms with Gasteiger partial charge in [-0.2, -0.15) is 0 Å². The molecule has 8 heteroatoms. The number of Topliss-reactive ketones (excluding diaryl/α,β-unsaturated/α-hetero) is 1. The summed E-state index contributed by atoms with van der Waals surface area (Å²) in [6, 6.07) is 0. The first-order valence-corrected chi connectivity index (χ1v) is 18.4. The molecular formula is C40H60O8. The monoisotopic (exact) mass is 668 g/mol. The first-order valence-electron chi connectivity index (χ1n) is 18.4. The number of fused-ring (bicyclic) bond motifs is 5. The van der Waals surface area contributed by atoms with E-state index in [1.54, 1.807) is 19.9 Å². The van der Waals surface area contributed by atoms with Crippen molar-refractivity contribution in [1.29, 1.82) is 0 Å². The first kappa shape index (κ1) is 38.3. The Balaban J connectivity index is 1.32. The van der Waals surface area contributed by atoms with Gasteiger partial charge in [0.05, 0.1) is 11.7 Å². The molecule has 0 aromatic carbocycles. The van der Waals surface area contributed by atoms with Gasteiger partial charge in [-0.3, -0.25) is 14.4 Å². The highest BCUT2D eigenvalue weighted by Crippen LogP contribution is 2.76. The van der Waals surface area contributed by atoms with Crippen LogP contribution in [0.4, 0.5) is 0 Å². The minimum Gasteiger partial charge on any atom is -0.461 e. The van der Waals surface area contributed by atoms with E-state index in [0.29, 0.717) is 11.1 Å². The summed E-state index contributed by atoms with van der Waals surface area (Å²) in [7, 11) is 0. The highest BCUT2D eigenvalue weighted by Gasteiger charge is 2.86. The summed E-state index contributed by atoms with van der Waals surface area (Å²) >= 11 is 0. The highest BCUT2D eigenvalue weighted by molar-refractivity contribution is 6.04. The number of allylic oxidation sites excluding steroid dienone is 4. The molecule has 268 valence electrons. The van der Waals surface area contributed by atoms with Crippen molar-refractivity contribution in [2.75, 3.05) is 6.61 Å². The summed E-state index contributed by atoms with van der Waals surface area (Å²) in [6.45, 7) is 10.5. The Hall–Kier alpha value is -2.55. The summed E-state index contributed by atoms with van der Waals surface area (Å²) in [4.78, 5) is 38.4. The summed E-state index contributed by atoms with van der Waals surface area (Å²) in [5, 5.41) is 36.1. The average molecular weight is 669 g/mol. The first-order chi connectivity index (χ1) is 22.7. The van der Waals surface area contributed by atoms with Gasteiger partial charge in [-0.1, -0.05) is 96.3 Å². The lowest BCUT2D eigenvalue weighted by molar-refractivity contribution is -0.218. The van der Waals surface area contributed by atoms with Crippen LogP contribution >= 0.6 is 0 Å². The molecule has 0 amide bonds. The van der Waals surface area contributed by atoms with E-state index in [4.69, 9.17) is 9.47 Å². The van der Waals surface area contributed by atoms with E-state index in [1.807, 2.05) is 19.9 Å². The van der Waals surface area contributed by atoms with Crippen LogP contribution in [0, 0.1) is 29.1 Å². The minimum absolute atomic E-state index is 0.101. The molecule has 0 spiro atoms. The van der Waals surface area contributed by atoms with E-state index in [-0.39, 0.29) is 25.4 Å². The topological polar surface area (TPSA) is 130 Å². The van der Waals surface area contributed by atoms with Gasteiger partial charge in [0.25, 0.3) is 0 Å². The van der Waals surface area contributed by atoms with Gasteiger partial charge in [0, 0.05) is 48.9 Å². The second kappa shape index (κ2) is 15.6. The zero-order valence-corrected chi connectivity index (χ0v) is 30.1. The number of esters is 2. The number of rotatable bonds is 17. The Kier molecular flexibility index (Phi) is 12.4. The van der Waals surface area contributed by atoms with E-state index >= 15 is 0 Å². The van der Waals surface area contributed by atoms with Gasteiger partial charge in [-0.25, -0.2) is 0 Å². The van der Waals surface area contributed by atoms with Gasteiger partial charge in [-0.15, -0.1) is 0 Å². The molecule has 4 rings (SSSR count). The third-order valence-electron chi connectivity index (χ3n) is 11.9. The molecule has 0 radical (unpaired) electrons. The smallest absolute Gasteiger partial charge is 0.306 e. The molecule has 3 unspecified atom stereocenters. The van der Waals surface area contributed by atoms with Gasteiger partial charge < -0.3 is 24.8 Å². The largest absolute Gasteiger partial charge is 0.461 e. The number of aliphatic hydroxyl groups is 3. The minimum atomic E-state index is -1.94. The van der Waals surface area contributed by atoms with Crippen LogP contribution < -0.4 is 0 Å². The lowest BCUT2D eigenvalue weighted by atomic mass is 9.59. The predicted molar refractivity (Wildman–Crippen MR) is 186 cm³/mol. The second-order valence-corrected chi connectivity index (χ2v) is 15.5. The van der Waals surface area contributed by atoms with Crippen molar-refractivity contribution < 1.29 is 39.2 Å². The number of hydrogen-bond donors (Lipinski definition) is 3. The Morgan fingerprint density at radius 2 is 1.58 bits per heavy atom. The molecule has 48 heavy (non-hydrogen) atoms. The van der Waals surface area contributed by atoms with Gasteiger partial charge in [0.2, 0.25) is 0 Å². The van der Waals surface area contributed by atoms with Crippen molar-refractivity contribution in [3.05, 3.63) is 47.6 Å². The van der Waals surface area contributed by atoms with Crippen LogP contribution in [0.5, 0.6) is 0 Å². The molecule has 0 aliphatic heterocycles. The summed E-state index contributed by atoms with van der Waals surface area (Å²) in [5.74, 6) is -4.32. The van der Waals surface area contributed by atoms with Gasteiger partial charge >= 0.3 is 11.9 Å². The average Bonchev–Trinajstić information content (AvgIpc) is 3.46. The van der Waals surface area contributed by atoms with E-state index in [2.05, 4.69) is 31.2 Å². The zero-order valence-electron chi connectivity index (χ0n) is 30.1. The van der Waals surface area contributed by atoms with Crippen LogP contribution in [0.2, 0.25) is 0 Å². The van der Waals surface area contributed by atoms with Crippen molar-refractivity contribution in [2.45, 2.75) is 148 Å². The number of unbranched alkanes of at least 4 members (excludes halogenated alkanes) is 8. The lowest BCUT2D eigenvalue weighted by Crippen LogP contribution is -2.65. The summed E-state index contributed by atoms with van der Waals surface area (Å²) in [6.07, 6.45) is 23.4. The van der Waals surface area contributed by atoms with Gasteiger partial charge in [-0.05, 0) is 56.6 Å². The molecule has 4 aliphatic rings. The number of carbonyl (C=O) groups excluding carboxylic acids is 3. The van der Waals surface area contributed by atoms with Crippen molar-refractivity contribution in [1.82, 2.24) is 0 Å². The molecule has 0 bridgehead atoms. The third kappa shape index (κ3) is 7.18. The molecule has 0 saturated heterocycles. The normalized spacial score (nSPS) is 35.0. The van der Waals surface area contributed by atoms with E-state index in [0.717, 1.165) is 44.9 Å². The van der Waals surface area contributed by atoms with Crippen molar-refractivity contribution in [2.24, 2.45) is 29.1 Å². The predicted octanol–water partition coefficient (Wildman–Crippen LogP) is 6.87. The standard InChI is InChI=1S/C40H60O8/c1-7-8-9-10-11-12-13-14-15-16-17-18-19-20-21-22-33(42)47-26-30-24-31-34-37(5,6)40(34,48-29(4)41)36(44)28(3)39(31,46)32-23-27(2)35(43)38(32,45)25-30/h11-12,14-15,23-24,28,31-32,34,36,44-46H,7-10,13,16-22,25-26H2,1-6H3/b12-11+,15-14+/t28-,31?,32?,34?,36-,38-,39-,40-/m1/s1. The second-order valence-electron chi connectivity index (χ2n) is 15.5. The lowest BCUT2D eigenvalue weighted by Gasteiger charge is -2.52. The molecule has 0 aromatic rings. The molecule has 4 aliphatic carbocycles. The van der Waals surface area contributed by atoms with Crippen LogP contribution in [0.15, 0.2) is 47.6 Å². The molecule has 0 aromatic heterocycles. The van der Waals surface area contributed by atoms with E-state index < -0.39 is 63.7 Å². The third-order valence-corrected chi connectivity index (χ3v) is 11.9. The van der Waals surface area contributed by atoms with Crippen LogP contribution in [0.3, 0.4) is 0 Å². The fourth-order valence-corrected chi connectivity index (χ4v) is 9.22. The number of ketones is 1. The molecule has 2 fully saturated rings. The highest BCUT2D eigenvalue weighted by atomic mass is 16.6. The van der Waals surface area contributed by atoms with Crippen molar-refractivity contribution >= 4 is 17.7 Å². The molecule has 3 N–H and O–H groups in total. The van der Waals surface area contributed by atoms with Crippen LogP contribution in [-0.4, -0.2) is 62.6 Å². The van der Waals surface area contributed by atoms with Crippen LogP contribution in [-0.2, 0) is 23.9 Å². The number of carbonyl (C=O) groups is 3. The van der Waals surface area contributed by atoms with E-state index in [9.17, 15) is 29.7 Å². The molecule has 0 heterocycles. The molecule has 8 atom stereocenters.